The smallest absolute Gasteiger partial charge is 0.254 e. The molecular formula is C17H23NO2. The van der Waals surface area contributed by atoms with Gasteiger partial charge in [-0.25, -0.2) is 0 Å². The lowest BCUT2D eigenvalue weighted by atomic mass is 9.93. The van der Waals surface area contributed by atoms with E-state index in [9.17, 15) is 4.79 Å². The highest BCUT2D eigenvalue weighted by atomic mass is 16.5. The van der Waals surface area contributed by atoms with E-state index in [1.54, 1.807) is 0 Å². The highest BCUT2D eigenvalue weighted by Gasteiger charge is 2.37. The van der Waals surface area contributed by atoms with Crippen LogP contribution in [0.3, 0.4) is 0 Å². The van der Waals surface area contributed by atoms with Crippen molar-refractivity contribution >= 4 is 5.91 Å². The fourth-order valence-electron chi connectivity index (χ4n) is 3.32. The second-order valence-corrected chi connectivity index (χ2v) is 6.27. The molecule has 1 aromatic carbocycles. The summed E-state index contributed by atoms with van der Waals surface area (Å²) in [5.41, 5.74) is 2.09. The van der Waals surface area contributed by atoms with Gasteiger partial charge in [0.2, 0.25) is 0 Å². The van der Waals surface area contributed by atoms with Gasteiger partial charge >= 0.3 is 0 Å². The molecule has 2 bridgehead atoms. The summed E-state index contributed by atoms with van der Waals surface area (Å²) >= 11 is 0. The normalized spacial score (nSPS) is 25.9. The van der Waals surface area contributed by atoms with Crippen LogP contribution in [0.4, 0.5) is 0 Å². The number of hydrogen-bond acceptors (Lipinski definition) is 2. The Morgan fingerprint density at radius 3 is 2.30 bits per heavy atom. The lowest BCUT2D eigenvalue weighted by Gasteiger charge is -2.45. The summed E-state index contributed by atoms with van der Waals surface area (Å²) in [6.45, 7) is 5.74. The van der Waals surface area contributed by atoms with Crippen LogP contribution in [-0.4, -0.2) is 36.1 Å². The van der Waals surface area contributed by atoms with Crippen LogP contribution in [0.1, 0.15) is 54.9 Å². The van der Waals surface area contributed by atoms with Crippen LogP contribution in [-0.2, 0) is 4.74 Å². The van der Waals surface area contributed by atoms with E-state index in [2.05, 4.69) is 30.9 Å². The Morgan fingerprint density at radius 2 is 1.75 bits per heavy atom. The lowest BCUT2D eigenvalue weighted by Crippen LogP contribution is -2.57. The SMILES string of the molecule is CC(C)c1ccc(C(=O)N2C3CCCC2COC3)cc1. The summed E-state index contributed by atoms with van der Waals surface area (Å²) in [4.78, 5) is 14.8. The second kappa shape index (κ2) is 5.57. The summed E-state index contributed by atoms with van der Waals surface area (Å²) in [5.74, 6) is 0.681. The first kappa shape index (κ1) is 13.6. The zero-order valence-electron chi connectivity index (χ0n) is 12.3. The van der Waals surface area contributed by atoms with E-state index in [0.717, 1.165) is 18.4 Å². The Bertz CT molecular complexity index is 458. The van der Waals surface area contributed by atoms with Crippen LogP contribution in [0.2, 0.25) is 0 Å². The Balaban J connectivity index is 1.81. The van der Waals surface area contributed by atoms with Gasteiger partial charge in [-0.2, -0.15) is 0 Å². The average molecular weight is 273 g/mol. The summed E-state index contributed by atoms with van der Waals surface area (Å²) in [6, 6.07) is 8.66. The molecule has 2 saturated heterocycles. The summed E-state index contributed by atoms with van der Waals surface area (Å²) in [6.07, 6.45) is 3.37. The van der Waals surface area contributed by atoms with Crippen molar-refractivity contribution in [3.8, 4) is 0 Å². The molecule has 2 atom stereocenters. The highest BCUT2D eigenvalue weighted by molar-refractivity contribution is 5.94. The van der Waals surface area contributed by atoms with Crippen molar-refractivity contribution in [1.29, 1.82) is 0 Å². The van der Waals surface area contributed by atoms with Crippen molar-refractivity contribution in [3.05, 3.63) is 35.4 Å². The zero-order chi connectivity index (χ0) is 14.1. The number of amides is 1. The molecule has 0 spiro atoms. The van der Waals surface area contributed by atoms with E-state index >= 15 is 0 Å². The molecule has 0 aromatic heterocycles. The molecule has 1 aromatic rings. The third kappa shape index (κ3) is 2.47. The first-order valence-electron chi connectivity index (χ1n) is 7.67. The molecule has 2 aliphatic heterocycles. The molecule has 3 nitrogen and oxygen atoms in total. The Kier molecular flexibility index (Phi) is 3.79. The first-order chi connectivity index (χ1) is 9.66. The Labute approximate surface area is 120 Å². The van der Waals surface area contributed by atoms with Gasteiger partial charge in [0, 0.05) is 5.56 Å². The van der Waals surface area contributed by atoms with Gasteiger partial charge in [0.25, 0.3) is 5.91 Å². The van der Waals surface area contributed by atoms with Crippen molar-refractivity contribution in [1.82, 2.24) is 4.90 Å². The first-order valence-corrected chi connectivity index (χ1v) is 7.67. The monoisotopic (exact) mass is 273 g/mol. The van der Waals surface area contributed by atoms with Crippen molar-refractivity contribution < 1.29 is 9.53 Å². The lowest BCUT2D eigenvalue weighted by molar-refractivity contribution is -0.0565. The van der Waals surface area contributed by atoms with Crippen LogP contribution in [0.25, 0.3) is 0 Å². The van der Waals surface area contributed by atoms with E-state index in [1.807, 2.05) is 12.1 Å². The largest absolute Gasteiger partial charge is 0.377 e. The minimum absolute atomic E-state index is 0.179. The number of piperidine rings is 1. The third-order valence-corrected chi connectivity index (χ3v) is 4.54. The summed E-state index contributed by atoms with van der Waals surface area (Å²) in [7, 11) is 0. The van der Waals surface area contributed by atoms with Gasteiger partial charge in [-0.15, -0.1) is 0 Å². The van der Waals surface area contributed by atoms with Gasteiger partial charge in [-0.1, -0.05) is 26.0 Å². The van der Waals surface area contributed by atoms with E-state index in [4.69, 9.17) is 4.74 Å². The number of benzene rings is 1. The molecule has 0 saturated carbocycles. The second-order valence-electron chi connectivity index (χ2n) is 6.27. The van der Waals surface area contributed by atoms with Crippen molar-refractivity contribution in [3.63, 3.8) is 0 Å². The highest BCUT2D eigenvalue weighted by Crippen LogP contribution is 2.29. The van der Waals surface area contributed by atoms with Crippen molar-refractivity contribution in [2.45, 2.75) is 51.1 Å². The van der Waals surface area contributed by atoms with Crippen LogP contribution in [0, 0.1) is 0 Å². The predicted molar refractivity (Wildman–Crippen MR) is 78.9 cm³/mol. The number of rotatable bonds is 2. The quantitative estimate of drug-likeness (QED) is 0.828. The fourth-order valence-corrected chi connectivity index (χ4v) is 3.32. The van der Waals surface area contributed by atoms with Crippen LogP contribution >= 0.6 is 0 Å². The topological polar surface area (TPSA) is 29.5 Å². The molecule has 3 heteroatoms. The van der Waals surface area contributed by atoms with Crippen LogP contribution in [0.15, 0.2) is 24.3 Å². The van der Waals surface area contributed by atoms with Gasteiger partial charge in [0.05, 0.1) is 25.3 Å². The van der Waals surface area contributed by atoms with Gasteiger partial charge in [0.1, 0.15) is 0 Å². The number of ether oxygens (including phenoxy) is 1. The Morgan fingerprint density at radius 1 is 1.15 bits per heavy atom. The van der Waals surface area contributed by atoms with E-state index in [-0.39, 0.29) is 18.0 Å². The number of fused-ring (bicyclic) bond motifs is 2. The molecule has 0 radical (unpaired) electrons. The maximum absolute atomic E-state index is 12.8. The van der Waals surface area contributed by atoms with E-state index in [0.29, 0.717) is 19.1 Å². The maximum atomic E-state index is 12.8. The maximum Gasteiger partial charge on any atom is 0.254 e. The summed E-state index contributed by atoms with van der Waals surface area (Å²) in [5, 5.41) is 0. The molecule has 1 amide bonds. The standard InChI is InChI=1S/C17H23NO2/c1-12(2)13-6-8-14(9-7-13)17(19)18-15-4-3-5-16(18)11-20-10-15/h6-9,12,15-16H,3-5,10-11H2,1-2H3. The molecule has 0 N–H and O–H groups in total. The molecule has 108 valence electrons. The third-order valence-electron chi connectivity index (χ3n) is 4.54. The van der Waals surface area contributed by atoms with Gasteiger partial charge in [0.15, 0.2) is 0 Å². The summed E-state index contributed by atoms with van der Waals surface area (Å²) < 4.78 is 5.61. The number of morpholine rings is 1. The molecule has 20 heavy (non-hydrogen) atoms. The van der Waals surface area contributed by atoms with Crippen LogP contribution in [0.5, 0.6) is 0 Å². The van der Waals surface area contributed by atoms with Gasteiger partial charge in [-0.3, -0.25) is 4.79 Å². The number of nitrogens with zero attached hydrogens (tertiary/aromatic N) is 1. The molecule has 3 rings (SSSR count). The fraction of sp³-hybridized carbons (Fsp3) is 0.588. The predicted octanol–water partition coefficient (Wildman–Crippen LogP) is 3.20. The van der Waals surface area contributed by atoms with Gasteiger partial charge in [-0.05, 0) is 42.9 Å². The zero-order valence-corrected chi connectivity index (χ0v) is 12.3. The number of carbonyl (C=O) groups is 1. The minimum Gasteiger partial charge on any atom is -0.377 e. The van der Waals surface area contributed by atoms with Crippen molar-refractivity contribution in [2.75, 3.05) is 13.2 Å². The van der Waals surface area contributed by atoms with E-state index in [1.165, 1.54) is 12.0 Å². The molecule has 2 heterocycles. The minimum atomic E-state index is 0.179. The molecule has 2 unspecified atom stereocenters. The van der Waals surface area contributed by atoms with Crippen molar-refractivity contribution in [2.24, 2.45) is 0 Å². The van der Waals surface area contributed by atoms with Crippen LogP contribution < -0.4 is 0 Å². The molecule has 2 fully saturated rings. The van der Waals surface area contributed by atoms with E-state index < -0.39 is 0 Å². The molecule has 0 aliphatic carbocycles. The number of hydrogen-bond donors (Lipinski definition) is 0. The number of carbonyl (C=O) groups excluding carboxylic acids is 1. The molecule has 2 aliphatic rings. The Hall–Kier alpha value is -1.35. The molecular weight excluding hydrogens is 250 g/mol. The average Bonchev–Trinajstić information content (AvgIpc) is 2.45. The van der Waals surface area contributed by atoms with Gasteiger partial charge < -0.3 is 9.64 Å².